The molecule has 0 heteroatoms. The minimum Gasteiger partial charge on any atom is -0.0617 e. The molecule has 0 bridgehead atoms. The van der Waals surface area contributed by atoms with Crippen molar-refractivity contribution in [1.82, 2.24) is 0 Å². The molecule has 0 saturated heterocycles. The van der Waals surface area contributed by atoms with Gasteiger partial charge in [0.1, 0.15) is 0 Å². The van der Waals surface area contributed by atoms with Crippen molar-refractivity contribution in [1.29, 1.82) is 0 Å². The van der Waals surface area contributed by atoms with Crippen LogP contribution < -0.4 is 0 Å². The van der Waals surface area contributed by atoms with Gasteiger partial charge in [0.05, 0.1) is 0 Å². The lowest BCUT2D eigenvalue weighted by Crippen LogP contribution is -1.95. The molecule has 0 saturated carbocycles. The third-order valence-electron chi connectivity index (χ3n) is 12.9. The number of fused-ring (bicyclic) bond motifs is 1. The summed E-state index contributed by atoms with van der Waals surface area (Å²) < 4.78 is 0. The van der Waals surface area contributed by atoms with Crippen LogP contribution in [0.25, 0.3) is 10.8 Å². The predicted molar refractivity (Wildman–Crippen MR) is 300 cm³/mol. The normalized spacial score (nSPS) is 11.3. The highest BCUT2D eigenvalue weighted by Gasteiger charge is 2.11. The van der Waals surface area contributed by atoms with Crippen molar-refractivity contribution in [2.75, 3.05) is 0 Å². The highest BCUT2D eigenvalue weighted by atomic mass is 14.2. The lowest BCUT2D eigenvalue weighted by Gasteiger charge is -2.15. The van der Waals surface area contributed by atoms with Crippen molar-refractivity contribution < 1.29 is 0 Å². The van der Waals surface area contributed by atoms with Crippen LogP contribution in [0.2, 0.25) is 0 Å². The maximum Gasteiger partial charge on any atom is -0.0146 e. The molecule has 0 amide bonds. The topological polar surface area (TPSA) is 0 Å². The van der Waals surface area contributed by atoms with Crippen LogP contribution in [0.1, 0.15) is 264 Å². The van der Waals surface area contributed by atoms with Crippen LogP contribution in [-0.4, -0.2) is 0 Å². The molecule has 6 aromatic rings. The molecular weight excluding hydrogens is 793 g/mol. The molecule has 0 N–H and O–H groups in total. The average molecular weight is 889 g/mol. The summed E-state index contributed by atoms with van der Waals surface area (Å²) in [5.41, 5.74) is 17.4. The zero-order chi connectivity index (χ0) is 50.0. The fraction of sp³-hybridized carbons (Fsp3) is 0.485. The van der Waals surface area contributed by atoms with Gasteiger partial charge in [0.2, 0.25) is 0 Å². The summed E-state index contributed by atoms with van der Waals surface area (Å²) in [6, 6.07) is 44.9. The number of hydrogen-bond acceptors (Lipinski definition) is 0. The molecule has 0 aromatic heterocycles. The monoisotopic (exact) mass is 889 g/mol. The molecule has 0 aliphatic rings. The SMILES string of the molecule is CC(C)c1ccc(C(C)C)c2ccccc12.CC(C)c1ccc(C(C)C)cc1.CC(C)c1cccc(C(C)C)c1.Cc1cc(C(C)C)ccc1C(C)C.Cc1cc(C(C)C)ccc1C(C)C. The Balaban J connectivity index is 0.000000285. The van der Waals surface area contributed by atoms with E-state index in [0.717, 1.165) is 0 Å². The fourth-order valence-electron chi connectivity index (χ4n) is 8.31. The molecule has 0 radical (unpaired) electrons. The molecule has 0 atom stereocenters. The second-order valence-electron chi connectivity index (χ2n) is 21.9. The van der Waals surface area contributed by atoms with Crippen molar-refractivity contribution in [3.8, 4) is 0 Å². The van der Waals surface area contributed by atoms with Gasteiger partial charge in [-0.2, -0.15) is 0 Å². The minimum absolute atomic E-state index is 0.589. The first kappa shape index (κ1) is 57.7. The molecule has 0 fully saturated rings. The highest BCUT2D eigenvalue weighted by molar-refractivity contribution is 5.89. The smallest absolute Gasteiger partial charge is 0.0146 e. The molecule has 6 rings (SSSR count). The van der Waals surface area contributed by atoms with Crippen LogP contribution in [0.5, 0.6) is 0 Å². The van der Waals surface area contributed by atoms with Gasteiger partial charge in [-0.1, -0.05) is 260 Å². The lowest BCUT2D eigenvalue weighted by atomic mass is 9.89. The highest BCUT2D eigenvalue weighted by Crippen LogP contribution is 2.32. The van der Waals surface area contributed by atoms with E-state index >= 15 is 0 Å². The predicted octanol–water partition coefficient (Wildman–Crippen LogP) is 21.4. The first-order valence-electron chi connectivity index (χ1n) is 25.8. The van der Waals surface area contributed by atoms with Crippen LogP contribution in [0.4, 0.5) is 0 Å². The Hall–Kier alpha value is -4.42. The number of aryl methyl sites for hydroxylation is 2. The zero-order valence-electron chi connectivity index (χ0n) is 46.3. The summed E-state index contributed by atoms with van der Waals surface area (Å²) in [6.45, 7) is 49.3. The number of benzene rings is 6. The Kier molecular flexibility index (Phi) is 24.5. The molecule has 6 aromatic carbocycles. The maximum absolute atomic E-state index is 2.32. The Morgan fingerprint density at radius 3 is 0.697 bits per heavy atom. The van der Waals surface area contributed by atoms with E-state index in [9.17, 15) is 0 Å². The molecule has 360 valence electrons. The standard InChI is InChI=1S/C16H20.2C13H20.2C12H18/c1-11(2)13-9-10-14(12(3)4)16-8-6-5-7-15(13)16;2*1-9(2)12-6-7-13(10(3)4)11(5)8-12;1-9(2)11-5-7-12(8-6-11)10(3)4;1-9(2)11-6-5-7-12(8-11)10(3)4/h5-12H,1-4H3;2*6-10H,1-5H3;2*5-10H,1-4H3. The third-order valence-corrected chi connectivity index (χ3v) is 12.9. The first-order chi connectivity index (χ1) is 30.9. The quantitative estimate of drug-likeness (QED) is 0.129. The Bertz CT molecular complexity index is 2130. The van der Waals surface area contributed by atoms with Gasteiger partial charge >= 0.3 is 0 Å². The number of hydrogen-bond donors (Lipinski definition) is 0. The lowest BCUT2D eigenvalue weighted by molar-refractivity contribution is 0.834. The van der Waals surface area contributed by atoms with E-state index in [0.29, 0.717) is 59.2 Å². The van der Waals surface area contributed by atoms with E-state index in [1.54, 1.807) is 0 Å². The summed E-state index contributed by atoms with van der Waals surface area (Å²) in [5.74, 6) is 6.31. The fourth-order valence-corrected chi connectivity index (χ4v) is 8.31. The van der Waals surface area contributed by atoms with Crippen molar-refractivity contribution >= 4 is 10.8 Å². The van der Waals surface area contributed by atoms with E-state index in [4.69, 9.17) is 0 Å². The molecule has 0 aliphatic heterocycles. The van der Waals surface area contributed by atoms with Gasteiger partial charge < -0.3 is 0 Å². The molecule has 0 aliphatic carbocycles. The molecule has 0 nitrogen and oxygen atoms in total. The van der Waals surface area contributed by atoms with E-state index < -0.39 is 0 Å². The Morgan fingerprint density at radius 2 is 0.455 bits per heavy atom. The summed E-state index contributed by atoms with van der Waals surface area (Å²) in [7, 11) is 0. The summed E-state index contributed by atoms with van der Waals surface area (Å²) >= 11 is 0. The first-order valence-corrected chi connectivity index (χ1v) is 25.8. The Morgan fingerprint density at radius 1 is 0.212 bits per heavy atom. The van der Waals surface area contributed by atoms with E-state index in [-0.39, 0.29) is 0 Å². The van der Waals surface area contributed by atoms with Gasteiger partial charge in [0, 0.05) is 0 Å². The van der Waals surface area contributed by atoms with Gasteiger partial charge in [0.15, 0.2) is 0 Å². The van der Waals surface area contributed by atoms with Crippen LogP contribution >= 0.6 is 0 Å². The van der Waals surface area contributed by atoms with Gasteiger partial charge in [-0.3, -0.25) is 0 Å². The summed E-state index contributed by atoms with van der Waals surface area (Å²) in [6.07, 6.45) is 0. The molecule has 66 heavy (non-hydrogen) atoms. The van der Waals surface area contributed by atoms with Gasteiger partial charge in [-0.15, -0.1) is 0 Å². The minimum atomic E-state index is 0.589. The van der Waals surface area contributed by atoms with E-state index in [1.807, 2.05) is 0 Å². The second-order valence-corrected chi connectivity index (χ2v) is 21.9. The van der Waals surface area contributed by atoms with Crippen molar-refractivity contribution in [2.24, 2.45) is 0 Å². The molecule has 0 unspecified atom stereocenters. The van der Waals surface area contributed by atoms with Gasteiger partial charge in [0.25, 0.3) is 0 Å². The zero-order valence-corrected chi connectivity index (χ0v) is 46.3. The average Bonchev–Trinajstić information content (AvgIpc) is 3.26. The van der Waals surface area contributed by atoms with Gasteiger partial charge in [-0.05, 0) is 151 Å². The molecule has 0 spiro atoms. The summed E-state index contributed by atoms with van der Waals surface area (Å²) in [4.78, 5) is 0. The van der Waals surface area contributed by atoms with E-state index in [2.05, 4.69) is 274 Å². The maximum atomic E-state index is 2.32. The van der Waals surface area contributed by atoms with Crippen molar-refractivity contribution in [3.63, 3.8) is 0 Å². The van der Waals surface area contributed by atoms with Crippen LogP contribution in [0.3, 0.4) is 0 Å². The number of rotatable bonds is 10. The van der Waals surface area contributed by atoms with E-state index in [1.165, 1.54) is 77.5 Å². The van der Waals surface area contributed by atoms with Gasteiger partial charge in [-0.25, -0.2) is 0 Å². The third kappa shape index (κ3) is 18.3. The van der Waals surface area contributed by atoms with Crippen LogP contribution in [-0.2, 0) is 0 Å². The largest absolute Gasteiger partial charge is 0.0617 e. The van der Waals surface area contributed by atoms with Crippen molar-refractivity contribution in [2.45, 2.75) is 212 Å². The Labute approximate surface area is 408 Å². The second kappa shape index (κ2) is 28.0. The summed E-state index contributed by atoms with van der Waals surface area (Å²) in [5, 5.41) is 2.84. The molecular formula is C66H96. The van der Waals surface area contributed by atoms with Crippen LogP contribution in [0, 0.1) is 13.8 Å². The molecule has 0 heterocycles. The van der Waals surface area contributed by atoms with Crippen molar-refractivity contribution in [3.05, 3.63) is 188 Å². The van der Waals surface area contributed by atoms with Crippen LogP contribution in [0.15, 0.2) is 121 Å².